The Bertz CT molecular complexity index is 1180. The number of amides is 1. The molecule has 0 fully saturated rings. The molecule has 0 atom stereocenters. The van der Waals surface area contributed by atoms with E-state index in [2.05, 4.69) is 10.5 Å². The van der Waals surface area contributed by atoms with E-state index in [1.54, 1.807) is 19.2 Å². The molecule has 4 aromatic rings. The maximum atomic E-state index is 12.8. The number of fused-ring (bicyclic) bond motifs is 1. The first-order valence-corrected chi connectivity index (χ1v) is 9.00. The summed E-state index contributed by atoms with van der Waals surface area (Å²) in [7, 11) is 0. The number of carbonyl (C=O) groups excluding carboxylic acids is 2. The highest BCUT2D eigenvalue weighted by molar-refractivity contribution is 6.48. The summed E-state index contributed by atoms with van der Waals surface area (Å²) in [5.41, 5.74) is 2.84. The number of ketones is 1. The van der Waals surface area contributed by atoms with Gasteiger partial charge in [-0.1, -0.05) is 47.1 Å². The standard InChI is InChI=1S/C21H16ClN3O3/c1-13-10-19(28-24-13)23-21(27)20(26)17-12-25(18-5-3-2-4-16(17)18)11-14-6-8-15(22)9-7-14/h2-10,12H,11H2,1H3,(H,23,27). The summed E-state index contributed by atoms with van der Waals surface area (Å²) in [4.78, 5) is 25.2. The maximum Gasteiger partial charge on any atom is 0.299 e. The zero-order chi connectivity index (χ0) is 19.7. The van der Waals surface area contributed by atoms with Crippen molar-refractivity contribution in [2.75, 3.05) is 5.32 Å². The highest BCUT2D eigenvalue weighted by Crippen LogP contribution is 2.24. The average Bonchev–Trinajstić information content (AvgIpc) is 3.27. The van der Waals surface area contributed by atoms with E-state index in [1.807, 2.05) is 53.1 Å². The first-order chi connectivity index (χ1) is 13.5. The van der Waals surface area contributed by atoms with Crippen LogP contribution in [0.2, 0.25) is 5.02 Å². The van der Waals surface area contributed by atoms with Crippen molar-refractivity contribution in [2.24, 2.45) is 0 Å². The van der Waals surface area contributed by atoms with Gasteiger partial charge in [0.1, 0.15) is 0 Å². The van der Waals surface area contributed by atoms with Crippen molar-refractivity contribution in [3.8, 4) is 0 Å². The summed E-state index contributed by atoms with van der Waals surface area (Å²) < 4.78 is 6.89. The fraction of sp³-hybridized carbons (Fsp3) is 0.0952. The van der Waals surface area contributed by atoms with Gasteiger partial charge >= 0.3 is 0 Å². The Morgan fingerprint density at radius 2 is 1.89 bits per heavy atom. The Kier molecular flexibility index (Phi) is 4.71. The number of aryl methyl sites for hydroxylation is 1. The van der Waals surface area contributed by atoms with Crippen LogP contribution in [0, 0.1) is 6.92 Å². The first kappa shape index (κ1) is 18.0. The molecule has 0 saturated heterocycles. The molecule has 0 saturated carbocycles. The van der Waals surface area contributed by atoms with Crippen molar-refractivity contribution in [1.82, 2.24) is 9.72 Å². The van der Waals surface area contributed by atoms with E-state index >= 15 is 0 Å². The number of nitrogens with one attached hydrogen (secondary N) is 1. The molecule has 2 heterocycles. The van der Waals surface area contributed by atoms with E-state index in [0.717, 1.165) is 11.1 Å². The predicted octanol–water partition coefficient (Wildman–Crippen LogP) is 4.46. The first-order valence-electron chi connectivity index (χ1n) is 8.62. The highest BCUT2D eigenvalue weighted by atomic mass is 35.5. The molecule has 6 nitrogen and oxygen atoms in total. The number of carbonyl (C=O) groups is 2. The molecule has 1 N–H and O–H groups in total. The van der Waals surface area contributed by atoms with Gasteiger partial charge in [0.15, 0.2) is 0 Å². The second-order valence-electron chi connectivity index (χ2n) is 6.43. The van der Waals surface area contributed by atoms with E-state index in [0.29, 0.717) is 28.2 Å². The molecule has 2 aromatic heterocycles. The number of Topliss-reactive ketones (excluding diaryl/α,β-unsaturated/α-hetero) is 1. The third-order valence-corrected chi connectivity index (χ3v) is 4.62. The van der Waals surface area contributed by atoms with Crippen LogP contribution in [0.3, 0.4) is 0 Å². The molecule has 0 unspecified atom stereocenters. The van der Waals surface area contributed by atoms with Gasteiger partial charge in [-0.3, -0.25) is 14.9 Å². The minimum absolute atomic E-state index is 0.140. The Hall–Kier alpha value is -3.38. The lowest BCUT2D eigenvalue weighted by atomic mass is 10.1. The normalized spacial score (nSPS) is 10.9. The van der Waals surface area contributed by atoms with E-state index in [9.17, 15) is 9.59 Å². The predicted molar refractivity (Wildman–Crippen MR) is 107 cm³/mol. The summed E-state index contributed by atoms with van der Waals surface area (Å²) in [5, 5.41) is 7.52. The van der Waals surface area contributed by atoms with Crippen LogP contribution in [0.1, 0.15) is 21.6 Å². The van der Waals surface area contributed by atoms with Crippen LogP contribution in [0.5, 0.6) is 0 Å². The van der Waals surface area contributed by atoms with Crippen LogP contribution in [-0.2, 0) is 11.3 Å². The third kappa shape index (κ3) is 3.54. The van der Waals surface area contributed by atoms with Gasteiger partial charge in [-0.2, -0.15) is 0 Å². The number of benzene rings is 2. The van der Waals surface area contributed by atoms with E-state index in [4.69, 9.17) is 16.1 Å². The maximum absolute atomic E-state index is 12.8. The summed E-state index contributed by atoms with van der Waals surface area (Å²) in [5.74, 6) is -1.27. The molecular formula is C21H16ClN3O3. The average molecular weight is 394 g/mol. The van der Waals surface area contributed by atoms with Crippen molar-refractivity contribution in [1.29, 1.82) is 0 Å². The molecule has 4 rings (SSSR count). The number of halogens is 1. The quantitative estimate of drug-likeness (QED) is 0.401. The minimum Gasteiger partial charge on any atom is -0.342 e. The van der Waals surface area contributed by atoms with Crippen LogP contribution in [0.4, 0.5) is 5.88 Å². The summed E-state index contributed by atoms with van der Waals surface area (Å²) in [6, 6.07) is 16.5. The van der Waals surface area contributed by atoms with Gasteiger partial charge in [-0.05, 0) is 30.7 Å². The van der Waals surface area contributed by atoms with Gasteiger partial charge in [0.05, 0.1) is 11.3 Å². The molecule has 2 aromatic carbocycles. The topological polar surface area (TPSA) is 77.1 Å². The van der Waals surface area contributed by atoms with Gasteiger partial charge < -0.3 is 9.09 Å². The van der Waals surface area contributed by atoms with E-state index in [-0.39, 0.29) is 5.88 Å². The van der Waals surface area contributed by atoms with E-state index < -0.39 is 11.7 Å². The molecule has 28 heavy (non-hydrogen) atoms. The molecule has 7 heteroatoms. The number of anilines is 1. The van der Waals surface area contributed by atoms with Crippen LogP contribution in [-0.4, -0.2) is 21.4 Å². The number of hydrogen-bond acceptors (Lipinski definition) is 4. The number of hydrogen-bond donors (Lipinski definition) is 1. The van der Waals surface area contributed by atoms with Gasteiger partial charge in [0.2, 0.25) is 5.88 Å². The van der Waals surface area contributed by atoms with Crippen LogP contribution >= 0.6 is 11.6 Å². The summed E-state index contributed by atoms with van der Waals surface area (Å²) >= 11 is 5.95. The Balaban J connectivity index is 1.66. The van der Waals surface area contributed by atoms with Crippen molar-refractivity contribution >= 4 is 40.1 Å². The number of rotatable bonds is 5. The molecular weight excluding hydrogens is 378 g/mol. The molecule has 0 spiro atoms. The largest absolute Gasteiger partial charge is 0.342 e. The Labute approximate surface area is 165 Å². The fourth-order valence-electron chi connectivity index (χ4n) is 3.06. The SMILES string of the molecule is Cc1cc(NC(=O)C(=O)c2cn(Cc3ccc(Cl)cc3)c3ccccc23)on1. The van der Waals surface area contributed by atoms with Crippen LogP contribution in [0.25, 0.3) is 10.9 Å². The zero-order valence-electron chi connectivity index (χ0n) is 15.0. The third-order valence-electron chi connectivity index (χ3n) is 4.37. The van der Waals surface area contributed by atoms with E-state index in [1.165, 1.54) is 0 Å². The van der Waals surface area contributed by atoms with Crippen molar-refractivity contribution < 1.29 is 14.1 Å². The fourth-order valence-corrected chi connectivity index (χ4v) is 3.18. The number of aromatic nitrogens is 2. The monoisotopic (exact) mass is 393 g/mol. The Morgan fingerprint density at radius 3 is 2.61 bits per heavy atom. The molecule has 0 bridgehead atoms. The van der Waals surface area contributed by atoms with Gasteiger partial charge in [-0.15, -0.1) is 0 Å². The molecule has 140 valence electrons. The number of para-hydroxylation sites is 1. The molecule has 0 aliphatic carbocycles. The van der Waals surface area contributed by atoms with Crippen molar-refractivity contribution in [2.45, 2.75) is 13.5 Å². The zero-order valence-corrected chi connectivity index (χ0v) is 15.7. The van der Waals surface area contributed by atoms with Crippen molar-refractivity contribution in [3.63, 3.8) is 0 Å². The van der Waals surface area contributed by atoms with Gasteiger partial charge in [0, 0.05) is 34.7 Å². The van der Waals surface area contributed by atoms with Crippen LogP contribution in [0.15, 0.2) is 65.3 Å². The van der Waals surface area contributed by atoms with Gasteiger partial charge in [0.25, 0.3) is 11.7 Å². The molecule has 0 aliphatic heterocycles. The Morgan fingerprint density at radius 1 is 1.14 bits per heavy atom. The lowest BCUT2D eigenvalue weighted by Crippen LogP contribution is -2.22. The summed E-state index contributed by atoms with van der Waals surface area (Å²) in [6.07, 6.45) is 1.70. The molecule has 0 radical (unpaired) electrons. The second-order valence-corrected chi connectivity index (χ2v) is 6.87. The second kappa shape index (κ2) is 7.32. The molecule has 1 amide bonds. The highest BCUT2D eigenvalue weighted by Gasteiger charge is 2.22. The molecule has 0 aliphatic rings. The lowest BCUT2D eigenvalue weighted by molar-refractivity contribution is -0.112. The smallest absolute Gasteiger partial charge is 0.299 e. The number of nitrogens with zero attached hydrogens (tertiary/aromatic N) is 2. The van der Waals surface area contributed by atoms with Gasteiger partial charge in [-0.25, -0.2) is 0 Å². The van der Waals surface area contributed by atoms with Crippen molar-refractivity contribution in [3.05, 3.63) is 82.6 Å². The van der Waals surface area contributed by atoms with Crippen LogP contribution < -0.4 is 5.32 Å². The summed E-state index contributed by atoms with van der Waals surface area (Å²) in [6.45, 7) is 2.28. The minimum atomic E-state index is -0.773. The lowest BCUT2D eigenvalue weighted by Gasteiger charge is -2.05.